The second kappa shape index (κ2) is 5.51. The average molecular weight is 287 g/mol. The molecule has 0 radical (unpaired) electrons. The van der Waals surface area contributed by atoms with Crippen LogP contribution in [0.25, 0.3) is 5.69 Å². The molecule has 1 fully saturated rings. The van der Waals surface area contributed by atoms with Crippen molar-refractivity contribution in [3.05, 3.63) is 29.6 Å². The van der Waals surface area contributed by atoms with Crippen LogP contribution >= 0.6 is 0 Å². The summed E-state index contributed by atoms with van der Waals surface area (Å²) in [5, 5.41) is 21.2. The van der Waals surface area contributed by atoms with E-state index in [-0.39, 0.29) is 11.5 Å². The number of aromatic carboxylic acids is 1. The molecule has 1 heterocycles. The summed E-state index contributed by atoms with van der Waals surface area (Å²) in [6.07, 6.45) is 5.60. The molecule has 1 aliphatic rings. The Balaban J connectivity index is 2.07. The summed E-state index contributed by atoms with van der Waals surface area (Å²) in [7, 11) is 0. The lowest BCUT2D eigenvalue weighted by molar-refractivity contribution is 0.0696. The van der Waals surface area contributed by atoms with Gasteiger partial charge in [-0.25, -0.2) is 4.79 Å². The number of nitrogens with zero attached hydrogens (tertiary/aromatic N) is 4. The lowest BCUT2D eigenvalue weighted by Crippen LogP contribution is -2.15. The predicted octanol–water partition coefficient (Wildman–Crippen LogP) is 1.99. The Morgan fingerprint density at radius 3 is 2.76 bits per heavy atom. The second-order valence-electron chi connectivity index (χ2n) is 5.37. The zero-order valence-electron chi connectivity index (χ0n) is 11.6. The molecule has 7 heteroatoms. The summed E-state index contributed by atoms with van der Waals surface area (Å²) in [6, 6.07) is 4.66. The molecule has 0 aliphatic heterocycles. The molecule has 0 bridgehead atoms. The van der Waals surface area contributed by atoms with Crippen LogP contribution in [0, 0.1) is 0 Å². The van der Waals surface area contributed by atoms with Crippen LogP contribution in [0.4, 0.5) is 5.69 Å². The first-order valence-corrected chi connectivity index (χ1v) is 7.08. The van der Waals surface area contributed by atoms with E-state index in [1.807, 2.05) is 0 Å². The normalized spacial score (nSPS) is 16.0. The van der Waals surface area contributed by atoms with Gasteiger partial charge in [-0.2, -0.15) is 4.68 Å². The maximum Gasteiger partial charge on any atom is 0.337 e. The first kappa shape index (κ1) is 13.5. The van der Waals surface area contributed by atoms with Gasteiger partial charge in [0.2, 0.25) is 0 Å². The summed E-state index contributed by atoms with van der Waals surface area (Å²) in [6.45, 7) is 0. The molecular weight excluding hydrogens is 270 g/mol. The summed E-state index contributed by atoms with van der Waals surface area (Å²) in [5.41, 5.74) is 6.84. The number of hydrogen-bond acceptors (Lipinski definition) is 5. The van der Waals surface area contributed by atoms with E-state index in [9.17, 15) is 9.90 Å². The molecule has 1 aromatic heterocycles. The van der Waals surface area contributed by atoms with Crippen molar-refractivity contribution in [3.8, 4) is 5.69 Å². The van der Waals surface area contributed by atoms with Gasteiger partial charge in [0.15, 0.2) is 5.82 Å². The number of nitrogens with two attached hydrogens (primary N) is 1. The number of rotatable bonds is 3. The first-order chi connectivity index (χ1) is 10.2. The maximum absolute atomic E-state index is 11.4. The van der Waals surface area contributed by atoms with Crippen molar-refractivity contribution in [3.63, 3.8) is 0 Å². The number of carboxylic acids is 1. The highest BCUT2D eigenvalue weighted by molar-refractivity contribution is 5.92. The lowest BCUT2D eigenvalue weighted by Gasteiger charge is -2.20. The highest BCUT2D eigenvalue weighted by Crippen LogP contribution is 2.32. The second-order valence-corrected chi connectivity index (χ2v) is 5.37. The molecular formula is C14H17N5O2. The Kier molecular flexibility index (Phi) is 3.55. The molecule has 3 N–H and O–H groups in total. The first-order valence-electron chi connectivity index (χ1n) is 7.08. The van der Waals surface area contributed by atoms with Crippen LogP contribution in [-0.4, -0.2) is 31.3 Å². The highest BCUT2D eigenvalue weighted by atomic mass is 16.4. The van der Waals surface area contributed by atoms with Crippen molar-refractivity contribution >= 4 is 11.7 Å². The minimum Gasteiger partial charge on any atom is -0.478 e. The van der Waals surface area contributed by atoms with Gasteiger partial charge in [-0.3, -0.25) is 0 Å². The van der Waals surface area contributed by atoms with Crippen molar-refractivity contribution in [1.29, 1.82) is 0 Å². The summed E-state index contributed by atoms with van der Waals surface area (Å²) in [5.74, 6) is -0.0188. The summed E-state index contributed by atoms with van der Waals surface area (Å²) in [4.78, 5) is 11.4. The number of nitrogen functional groups attached to an aromatic ring is 1. The topological polar surface area (TPSA) is 107 Å². The minimum atomic E-state index is -1.02. The fourth-order valence-corrected chi connectivity index (χ4v) is 2.89. The molecule has 0 spiro atoms. The van der Waals surface area contributed by atoms with Gasteiger partial charge >= 0.3 is 5.97 Å². The Morgan fingerprint density at radius 1 is 1.29 bits per heavy atom. The average Bonchev–Trinajstić information content (AvgIpc) is 2.97. The number of tetrazole rings is 1. The molecule has 21 heavy (non-hydrogen) atoms. The molecule has 1 aromatic carbocycles. The molecule has 1 saturated carbocycles. The monoisotopic (exact) mass is 287 g/mol. The standard InChI is InChI=1S/C14H17N5O2/c15-10-6-7-11(14(20)21)12(8-10)19-13(16-17-18-19)9-4-2-1-3-5-9/h6-9H,1-5,15H2,(H,20,21). The molecule has 7 nitrogen and oxygen atoms in total. The minimum absolute atomic E-state index is 0.147. The van der Waals surface area contributed by atoms with Crippen LogP contribution in [0.5, 0.6) is 0 Å². The molecule has 0 atom stereocenters. The fourth-order valence-electron chi connectivity index (χ4n) is 2.89. The third-order valence-corrected chi connectivity index (χ3v) is 3.94. The van der Waals surface area contributed by atoms with E-state index in [0.29, 0.717) is 11.4 Å². The van der Waals surface area contributed by atoms with E-state index in [1.165, 1.54) is 17.2 Å². The van der Waals surface area contributed by atoms with Gasteiger partial charge in [0.1, 0.15) is 0 Å². The Hall–Kier alpha value is -2.44. The van der Waals surface area contributed by atoms with E-state index in [1.54, 1.807) is 12.1 Å². The van der Waals surface area contributed by atoms with Gasteiger partial charge < -0.3 is 10.8 Å². The van der Waals surface area contributed by atoms with Crippen molar-refractivity contribution in [1.82, 2.24) is 20.2 Å². The van der Waals surface area contributed by atoms with E-state index in [0.717, 1.165) is 31.5 Å². The number of carbonyl (C=O) groups is 1. The molecule has 2 aromatic rings. The van der Waals surface area contributed by atoms with Crippen LogP contribution in [0.15, 0.2) is 18.2 Å². The van der Waals surface area contributed by atoms with E-state index < -0.39 is 5.97 Å². The highest BCUT2D eigenvalue weighted by Gasteiger charge is 2.24. The zero-order chi connectivity index (χ0) is 14.8. The van der Waals surface area contributed by atoms with Gasteiger partial charge in [0, 0.05) is 11.6 Å². The smallest absolute Gasteiger partial charge is 0.337 e. The Bertz CT molecular complexity index is 661. The number of aromatic nitrogens is 4. The van der Waals surface area contributed by atoms with Crippen molar-refractivity contribution in [2.45, 2.75) is 38.0 Å². The maximum atomic E-state index is 11.4. The third kappa shape index (κ3) is 2.58. The Labute approximate surface area is 121 Å². The fraction of sp³-hybridized carbons (Fsp3) is 0.429. The van der Waals surface area contributed by atoms with E-state index >= 15 is 0 Å². The zero-order valence-corrected chi connectivity index (χ0v) is 11.6. The summed E-state index contributed by atoms with van der Waals surface area (Å²) < 4.78 is 1.52. The van der Waals surface area contributed by atoms with Crippen LogP contribution < -0.4 is 5.73 Å². The van der Waals surface area contributed by atoms with Gasteiger partial charge in [-0.05, 0) is 41.5 Å². The Morgan fingerprint density at radius 2 is 2.05 bits per heavy atom. The molecule has 0 unspecified atom stereocenters. The molecule has 110 valence electrons. The molecule has 0 amide bonds. The van der Waals surface area contributed by atoms with E-state index in [2.05, 4.69) is 15.5 Å². The molecule has 0 saturated heterocycles. The third-order valence-electron chi connectivity index (χ3n) is 3.94. The van der Waals surface area contributed by atoms with Crippen molar-refractivity contribution < 1.29 is 9.90 Å². The van der Waals surface area contributed by atoms with Crippen LogP contribution in [0.1, 0.15) is 54.2 Å². The number of anilines is 1. The largest absolute Gasteiger partial charge is 0.478 e. The predicted molar refractivity (Wildman–Crippen MR) is 76.4 cm³/mol. The number of benzene rings is 1. The van der Waals surface area contributed by atoms with Gasteiger partial charge in [0.05, 0.1) is 11.3 Å². The van der Waals surface area contributed by atoms with Crippen molar-refractivity contribution in [2.24, 2.45) is 0 Å². The van der Waals surface area contributed by atoms with Crippen LogP contribution in [0.2, 0.25) is 0 Å². The van der Waals surface area contributed by atoms with E-state index in [4.69, 9.17) is 5.73 Å². The van der Waals surface area contributed by atoms with Crippen LogP contribution in [0.3, 0.4) is 0 Å². The summed E-state index contributed by atoms with van der Waals surface area (Å²) >= 11 is 0. The number of carboxylic acid groups (broad SMARTS) is 1. The van der Waals surface area contributed by atoms with Crippen LogP contribution in [-0.2, 0) is 0 Å². The quantitative estimate of drug-likeness (QED) is 0.836. The molecule has 1 aliphatic carbocycles. The number of hydrogen-bond donors (Lipinski definition) is 2. The SMILES string of the molecule is Nc1ccc(C(=O)O)c(-n2nnnc2C2CCCCC2)c1. The lowest BCUT2D eigenvalue weighted by atomic mass is 9.88. The molecule has 3 rings (SSSR count). The van der Waals surface area contributed by atoms with Gasteiger partial charge in [0.25, 0.3) is 0 Å². The van der Waals surface area contributed by atoms with Crippen molar-refractivity contribution in [2.75, 3.05) is 5.73 Å². The van der Waals surface area contributed by atoms with Gasteiger partial charge in [-0.15, -0.1) is 5.10 Å². The van der Waals surface area contributed by atoms with Gasteiger partial charge in [-0.1, -0.05) is 19.3 Å².